The first-order valence-electron chi connectivity index (χ1n) is 5.67. The van der Waals surface area contributed by atoms with Gasteiger partial charge in [0.15, 0.2) is 0 Å². The van der Waals surface area contributed by atoms with Crippen LogP contribution in [-0.4, -0.2) is 14.3 Å². The van der Waals surface area contributed by atoms with Crippen molar-refractivity contribution in [3.63, 3.8) is 0 Å². The van der Waals surface area contributed by atoms with Crippen LogP contribution in [0.4, 0.5) is 10.1 Å². The van der Waals surface area contributed by atoms with Crippen LogP contribution in [0.15, 0.2) is 51.8 Å². The molecule has 0 saturated carbocycles. The second-order valence-electron chi connectivity index (χ2n) is 4.12. The summed E-state index contributed by atoms with van der Waals surface area (Å²) in [5.74, 6) is -1.49. The lowest BCUT2D eigenvalue weighted by molar-refractivity contribution is 0.100. The molecule has 110 valence electrons. The molecule has 3 N–H and O–H groups in total. The zero-order chi connectivity index (χ0) is 15.6. The smallest absolute Gasteiger partial charge is 0.264 e. The molecule has 0 radical (unpaired) electrons. The van der Waals surface area contributed by atoms with E-state index in [1.54, 1.807) is 0 Å². The number of rotatable bonds is 4. The second kappa shape index (κ2) is 5.82. The van der Waals surface area contributed by atoms with E-state index in [2.05, 4.69) is 20.7 Å². The zero-order valence-corrected chi connectivity index (χ0v) is 12.9. The van der Waals surface area contributed by atoms with Crippen LogP contribution in [0.2, 0.25) is 0 Å². The Balaban J connectivity index is 2.30. The number of carbonyl (C=O) groups is 1. The van der Waals surface area contributed by atoms with Gasteiger partial charge in [-0.25, -0.2) is 12.8 Å². The molecular weight excluding hydrogens is 363 g/mol. The van der Waals surface area contributed by atoms with Crippen molar-refractivity contribution in [2.75, 3.05) is 4.72 Å². The summed E-state index contributed by atoms with van der Waals surface area (Å²) in [7, 11) is -4.06. The van der Waals surface area contributed by atoms with Crippen molar-refractivity contribution in [2.24, 2.45) is 5.73 Å². The Kier molecular flexibility index (Phi) is 4.29. The Morgan fingerprint density at radius 2 is 1.76 bits per heavy atom. The van der Waals surface area contributed by atoms with Gasteiger partial charge in [-0.2, -0.15) is 0 Å². The van der Waals surface area contributed by atoms with Crippen LogP contribution in [0, 0.1) is 5.82 Å². The molecule has 0 unspecified atom stereocenters. The third kappa shape index (κ3) is 3.59. The van der Waals surface area contributed by atoms with E-state index in [-0.39, 0.29) is 11.3 Å². The molecule has 1 amide bonds. The Bertz CT molecular complexity index is 792. The van der Waals surface area contributed by atoms with Gasteiger partial charge in [0.25, 0.3) is 10.0 Å². The number of nitrogens with one attached hydrogen (secondary N) is 1. The molecule has 0 atom stereocenters. The highest BCUT2D eigenvalue weighted by molar-refractivity contribution is 9.10. The van der Waals surface area contributed by atoms with Crippen molar-refractivity contribution in [1.29, 1.82) is 0 Å². The normalized spacial score (nSPS) is 11.1. The number of hydrogen-bond donors (Lipinski definition) is 2. The van der Waals surface area contributed by atoms with Crippen molar-refractivity contribution < 1.29 is 17.6 Å². The Labute approximate surface area is 129 Å². The standard InChI is InChI=1S/C13H10BrFN2O3S/c14-9-3-6-12(11(15)7-9)21(19,20)17-10-4-1-8(2-5-10)13(16)18/h1-7,17H,(H2,16,18). The molecule has 0 heterocycles. The molecule has 0 spiro atoms. The van der Waals surface area contributed by atoms with Gasteiger partial charge in [0.05, 0.1) is 0 Å². The Hall–Kier alpha value is -1.93. The topological polar surface area (TPSA) is 89.3 Å². The van der Waals surface area contributed by atoms with Crippen LogP contribution in [0.25, 0.3) is 0 Å². The molecule has 5 nitrogen and oxygen atoms in total. The molecule has 2 aromatic carbocycles. The predicted molar refractivity (Wildman–Crippen MR) is 79.9 cm³/mol. The number of hydrogen-bond acceptors (Lipinski definition) is 3. The van der Waals surface area contributed by atoms with Crippen LogP contribution < -0.4 is 10.5 Å². The van der Waals surface area contributed by atoms with E-state index in [0.717, 1.165) is 12.1 Å². The van der Waals surface area contributed by atoms with Gasteiger partial charge in [0.2, 0.25) is 5.91 Å². The number of carbonyl (C=O) groups excluding carboxylic acids is 1. The lowest BCUT2D eigenvalue weighted by Gasteiger charge is -2.09. The number of nitrogens with two attached hydrogens (primary N) is 1. The molecule has 2 aromatic rings. The largest absolute Gasteiger partial charge is 0.366 e. The number of amides is 1. The third-order valence-electron chi connectivity index (χ3n) is 2.61. The van der Waals surface area contributed by atoms with Crippen molar-refractivity contribution in [2.45, 2.75) is 4.90 Å². The average Bonchev–Trinajstić information content (AvgIpc) is 2.38. The summed E-state index contributed by atoms with van der Waals surface area (Å²) in [5, 5.41) is 0. The first kappa shape index (κ1) is 15.5. The summed E-state index contributed by atoms with van der Waals surface area (Å²) in [5.41, 5.74) is 5.52. The van der Waals surface area contributed by atoms with Crippen LogP contribution in [-0.2, 0) is 10.0 Å². The summed E-state index contributed by atoms with van der Waals surface area (Å²) in [6, 6.07) is 9.12. The third-order valence-corrected chi connectivity index (χ3v) is 4.51. The minimum Gasteiger partial charge on any atom is -0.366 e. The monoisotopic (exact) mass is 372 g/mol. The molecule has 2 rings (SSSR count). The van der Waals surface area contributed by atoms with Crippen LogP contribution in [0.1, 0.15) is 10.4 Å². The van der Waals surface area contributed by atoms with Gasteiger partial charge >= 0.3 is 0 Å². The molecule has 21 heavy (non-hydrogen) atoms. The highest BCUT2D eigenvalue weighted by atomic mass is 79.9. The SMILES string of the molecule is NC(=O)c1ccc(NS(=O)(=O)c2ccc(Br)cc2F)cc1. The van der Waals surface area contributed by atoms with Crippen molar-refractivity contribution in [3.8, 4) is 0 Å². The predicted octanol–water partition coefficient (Wildman–Crippen LogP) is 2.49. The van der Waals surface area contributed by atoms with Gasteiger partial charge in [0, 0.05) is 15.7 Å². The summed E-state index contributed by atoms with van der Waals surface area (Å²) in [6.07, 6.45) is 0. The maximum atomic E-state index is 13.7. The molecule has 0 saturated heterocycles. The number of benzene rings is 2. The van der Waals surface area contributed by atoms with E-state index in [9.17, 15) is 17.6 Å². The summed E-state index contributed by atoms with van der Waals surface area (Å²) >= 11 is 3.05. The molecule has 0 aliphatic heterocycles. The summed E-state index contributed by atoms with van der Waals surface area (Å²) < 4.78 is 40.6. The molecule has 0 aromatic heterocycles. The molecular formula is C13H10BrFN2O3S. The zero-order valence-electron chi connectivity index (χ0n) is 10.5. The highest BCUT2D eigenvalue weighted by Gasteiger charge is 2.19. The van der Waals surface area contributed by atoms with Gasteiger partial charge in [0.1, 0.15) is 10.7 Å². The van der Waals surface area contributed by atoms with Gasteiger partial charge in [-0.15, -0.1) is 0 Å². The fourth-order valence-corrected chi connectivity index (χ4v) is 3.06. The first-order valence-corrected chi connectivity index (χ1v) is 7.95. The average molecular weight is 373 g/mol. The Morgan fingerprint density at radius 1 is 1.14 bits per heavy atom. The number of sulfonamides is 1. The van der Waals surface area contributed by atoms with Gasteiger partial charge < -0.3 is 5.73 Å². The van der Waals surface area contributed by atoms with Gasteiger partial charge in [-0.05, 0) is 42.5 Å². The van der Waals surface area contributed by atoms with Crippen molar-refractivity contribution in [3.05, 3.63) is 58.3 Å². The molecule has 0 aliphatic rings. The Morgan fingerprint density at radius 3 is 2.29 bits per heavy atom. The highest BCUT2D eigenvalue weighted by Crippen LogP contribution is 2.22. The van der Waals surface area contributed by atoms with E-state index < -0.39 is 26.6 Å². The summed E-state index contributed by atoms with van der Waals surface area (Å²) in [4.78, 5) is 10.5. The quantitative estimate of drug-likeness (QED) is 0.863. The fraction of sp³-hybridized carbons (Fsp3) is 0. The van der Waals surface area contributed by atoms with Crippen molar-refractivity contribution in [1.82, 2.24) is 0 Å². The number of anilines is 1. The van der Waals surface area contributed by atoms with Crippen LogP contribution in [0.3, 0.4) is 0 Å². The summed E-state index contributed by atoms with van der Waals surface area (Å²) in [6.45, 7) is 0. The van der Waals surface area contributed by atoms with Crippen molar-refractivity contribution >= 4 is 37.5 Å². The fourth-order valence-electron chi connectivity index (χ4n) is 1.61. The van der Waals surface area contributed by atoms with E-state index in [1.807, 2.05) is 0 Å². The van der Waals surface area contributed by atoms with Gasteiger partial charge in [-0.1, -0.05) is 15.9 Å². The molecule has 0 aliphatic carbocycles. The lowest BCUT2D eigenvalue weighted by atomic mass is 10.2. The minimum absolute atomic E-state index is 0.197. The molecule has 8 heteroatoms. The lowest BCUT2D eigenvalue weighted by Crippen LogP contribution is -2.15. The van der Waals surface area contributed by atoms with Crippen LogP contribution >= 0.6 is 15.9 Å². The van der Waals surface area contributed by atoms with E-state index in [4.69, 9.17) is 5.73 Å². The molecule has 0 fully saturated rings. The minimum atomic E-state index is -4.06. The maximum absolute atomic E-state index is 13.7. The van der Waals surface area contributed by atoms with Gasteiger partial charge in [-0.3, -0.25) is 9.52 Å². The maximum Gasteiger partial charge on any atom is 0.264 e. The molecule has 0 bridgehead atoms. The van der Waals surface area contributed by atoms with E-state index in [1.165, 1.54) is 30.3 Å². The first-order chi connectivity index (χ1) is 9.79. The van der Waals surface area contributed by atoms with E-state index >= 15 is 0 Å². The number of halogens is 2. The van der Waals surface area contributed by atoms with Crippen LogP contribution in [0.5, 0.6) is 0 Å². The van der Waals surface area contributed by atoms with E-state index in [0.29, 0.717) is 4.47 Å². The number of primary amides is 1. The second-order valence-corrected chi connectivity index (χ2v) is 6.69.